The average molecular weight is 373 g/mol. The van der Waals surface area contributed by atoms with Gasteiger partial charge in [0.15, 0.2) is 0 Å². The number of carbonyl (C=O) groups excluding carboxylic acids is 1. The number of H-pyrrole nitrogens is 1. The normalized spacial score (nSPS) is 11.8. The molecule has 0 radical (unpaired) electrons. The third-order valence-corrected chi connectivity index (χ3v) is 4.11. The Morgan fingerprint density at radius 2 is 2.15 bits per heavy atom. The van der Waals surface area contributed by atoms with Gasteiger partial charge in [-0.25, -0.2) is 4.68 Å². The fourth-order valence-electron chi connectivity index (χ4n) is 2.49. The van der Waals surface area contributed by atoms with Crippen molar-refractivity contribution in [1.82, 2.24) is 20.1 Å². The molecule has 0 aliphatic carbocycles. The summed E-state index contributed by atoms with van der Waals surface area (Å²) in [6.07, 6.45) is 4.78. The van der Waals surface area contributed by atoms with Crippen molar-refractivity contribution in [3.8, 4) is 11.4 Å². The SMILES string of the molecule is COc1ccccc1-n1cc([C@H](C)NC(=O)c2cc(Cl)c[nH]c2=O)cn1. The molecule has 0 aliphatic rings. The van der Waals surface area contributed by atoms with Gasteiger partial charge in [-0.05, 0) is 25.1 Å². The molecule has 0 unspecified atom stereocenters. The number of nitrogens with one attached hydrogen (secondary N) is 2. The monoisotopic (exact) mass is 372 g/mol. The second-order valence-electron chi connectivity index (χ2n) is 5.65. The van der Waals surface area contributed by atoms with Crippen LogP contribution < -0.4 is 15.6 Å². The maximum absolute atomic E-state index is 12.3. The van der Waals surface area contributed by atoms with Crippen LogP contribution in [0.2, 0.25) is 5.02 Å². The summed E-state index contributed by atoms with van der Waals surface area (Å²) >= 11 is 5.84. The lowest BCUT2D eigenvalue weighted by molar-refractivity contribution is 0.0938. The molecule has 2 N–H and O–H groups in total. The third kappa shape index (κ3) is 3.62. The van der Waals surface area contributed by atoms with Crippen LogP contribution in [-0.4, -0.2) is 27.8 Å². The minimum absolute atomic E-state index is 0.0403. The first-order chi connectivity index (χ1) is 12.5. The van der Waals surface area contributed by atoms with Gasteiger partial charge in [0.05, 0.1) is 24.4 Å². The van der Waals surface area contributed by atoms with E-state index in [1.165, 1.54) is 12.3 Å². The van der Waals surface area contributed by atoms with Crippen molar-refractivity contribution in [2.45, 2.75) is 13.0 Å². The molecule has 1 atom stereocenters. The van der Waals surface area contributed by atoms with Gasteiger partial charge in [0.1, 0.15) is 17.0 Å². The minimum Gasteiger partial charge on any atom is -0.494 e. The van der Waals surface area contributed by atoms with Crippen LogP contribution in [0.3, 0.4) is 0 Å². The molecule has 8 heteroatoms. The van der Waals surface area contributed by atoms with Crippen molar-refractivity contribution < 1.29 is 9.53 Å². The number of aromatic nitrogens is 3. The zero-order chi connectivity index (χ0) is 18.7. The number of amides is 1. The largest absolute Gasteiger partial charge is 0.494 e. The highest BCUT2D eigenvalue weighted by atomic mass is 35.5. The first kappa shape index (κ1) is 17.8. The molecule has 2 aromatic heterocycles. The number of hydrogen-bond donors (Lipinski definition) is 2. The van der Waals surface area contributed by atoms with Crippen LogP contribution in [0.25, 0.3) is 5.69 Å². The summed E-state index contributed by atoms with van der Waals surface area (Å²) in [7, 11) is 1.59. The van der Waals surface area contributed by atoms with E-state index in [0.29, 0.717) is 5.75 Å². The second-order valence-corrected chi connectivity index (χ2v) is 6.08. The summed E-state index contributed by atoms with van der Waals surface area (Å²) in [5, 5.41) is 7.38. The Morgan fingerprint density at radius 3 is 2.92 bits per heavy atom. The number of nitrogens with zero attached hydrogens (tertiary/aromatic N) is 2. The summed E-state index contributed by atoms with van der Waals surface area (Å²) in [6.45, 7) is 1.81. The molecule has 3 rings (SSSR count). The van der Waals surface area contributed by atoms with Crippen LogP contribution in [0.4, 0.5) is 0 Å². The van der Waals surface area contributed by atoms with Crippen molar-refractivity contribution >= 4 is 17.5 Å². The molecule has 0 saturated carbocycles. The molecule has 0 aliphatic heterocycles. The zero-order valence-corrected chi connectivity index (χ0v) is 14.9. The van der Waals surface area contributed by atoms with E-state index in [1.807, 2.05) is 24.3 Å². The van der Waals surface area contributed by atoms with Crippen LogP contribution in [0.1, 0.15) is 28.9 Å². The van der Waals surface area contributed by atoms with Gasteiger partial charge in [0.2, 0.25) is 0 Å². The zero-order valence-electron chi connectivity index (χ0n) is 14.2. The number of benzene rings is 1. The average Bonchev–Trinajstić information content (AvgIpc) is 3.13. The van der Waals surface area contributed by atoms with Crippen molar-refractivity contribution in [2.75, 3.05) is 7.11 Å². The van der Waals surface area contributed by atoms with E-state index in [9.17, 15) is 9.59 Å². The van der Waals surface area contributed by atoms with E-state index in [0.717, 1.165) is 11.3 Å². The van der Waals surface area contributed by atoms with Crippen molar-refractivity contribution in [3.05, 3.63) is 75.4 Å². The number of carbonyl (C=O) groups is 1. The molecule has 134 valence electrons. The van der Waals surface area contributed by atoms with Crippen LogP contribution in [0, 0.1) is 0 Å². The highest BCUT2D eigenvalue weighted by Gasteiger charge is 2.17. The fourth-order valence-corrected chi connectivity index (χ4v) is 2.66. The quantitative estimate of drug-likeness (QED) is 0.720. The number of methoxy groups -OCH3 is 1. The molecule has 0 bridgehead atoms. The molecule has 1 amide bonds. The van der Waals surface area contributed by atoms with Crippen LogP contribution in [0.15, 0.2) is 53.7 Å². The molecule has 0 saturated heterocycles. The van der Waals surface area contributed by atoms with Gasteiger partial charge < -0.3 is 15.0 Å². The lowest BCUT2D eigenvalue weighted by Crippen LogP contribution is -2.31. The number of para-hydroxylation sites is 2. The third-order valence-electron chi connectivity index (χ3n) is 3.89. The summed E-state index contributed by atoms with van der Waals surface area (Å²) in [4.78, 5) is 26.5. The molecule has 1 aromatic carbocycles. The molecule has 0 spiro atoms. The molecule has 26 heavy (non-hydrogen) atoms. The van der Waals surface area contributed by atoms with Crippen molar-refractivity contribution in [2.24, 2.45) is 0 Å². The van der Waals surface area contributed by atoms with Gasteiger partial charge in [0.25, 0.3) is 11.5 Å². The lowest BCUT2D eigenvalue weighted by atomic mass is 10.1. The minimum atomic E-state index is -0.508. The topological polar surface area (TPSA) is 89.0 Å². The number of halogens is 1. The Balaban J connectivity index is 1.80. The Kier molecular flexibility index (Phi) is 5.09. The van der Waals surface area contributed by atoms with Gasteiger partial charge >= 0.3 is 0 Å². The molecule has 3 aromatic rings. The molecule has 2 heterocycles. The number of aromatic amines is 1. The Labute approximate surface area is 154 Å². The van der Waals surface area contributed by atoms with E-state index in [2.05, 4.69) is 15.4 Å². The Hall–Kier alpha value is -3.06. The molecule has 7 nitrogen and oxygen atoms in total. The van der Waals surface area contributed by atoms with Gasteiger partial charge in [0, 0.05) is 18.0 Å². The van der Waals surface area contributed by atoms with Crippen LogP contribution in [0.5, 0.6) is 5.75 Å². The van der Waals surface area contributed by atoms with Crippen molar-refractivity contribution in [1.29, 1.82) is 0 Å². The predicted octanol–water partition coefficient (Wildman–Crippen LogP) is 2.71. The number of hydrogen-bond acceptors (Lipinski definition) is 4. The Bertz CT molecular complexity index is 996. The van der Waals surface area contributed by atoms with Crippen LogP contribution in [-0.2, 0) is 0 Å². The highest BCUT2D eigenvalue weighted by molar-refractivity contribution is 6.30. The number of pyridine rings is 1. The van der Waals surface area contributed by atoms with E-state index in [1.54, 1.807) is 31.1 Å². The maximum Gasteiger partial charge on any atom is 0.260 e. The first-order valence-corrected chi connectivity index (χ1v) is 8.24. The standard InChI is InChI=1S/C18H17ClN4O3/c1-11(22-18(25)14-7-13(19)9-20-17(14)24)12-8-21-23(10-12)15-5-3-4-6-16(15)26-2/h3-11H,1-2H3,(H,20,24)(H,22,25)/t11-/m0/s1. The van der Waals surface area contributed by atoms with Gasteiger partial charge in [-0.1, -0.05) is 23.7 Å². The van der Waals surface area contributed by atoms with Gasteiger partial charge in [-0.3, -0.25) is 9.59 Å². The summed E-state index contributed by atoms with van der Waals surface area (Å²) in [6, 6.07) is 8.45. The second kappa shape index (κ2) is 7.45. The summed E-state index contributed by atoms with van der Waals surface area (Å²) in [5.74, 6) is 0.176. The number of ether oxygens (including phenoxy) is 1. The van der Waals surface area contributed by atoms with E-state index in [4.69, 9.17) is 16.3 Å². The Morgan fingerprint density at radius 1 is 1.38 bits per heavy atom. The highest BCUT2D eigenvalue weighted by Crippen LogP contribution is 2.23. The predicted molar refractivity (Wildman–Crippen MR) is 98.1 cm³/mol. The molecular weight excluding hydrogens is 356 g/mol. The van der Waals surface area contributed by atoms with Crippen molar-refractivity contribution in [3.63, 3.8) is 0 Å². The van der Waals surface area contributed by atoms with E-state index >= 15 is 0 Å². The fraction of sp³-hybridized carbons (Fsp3) is 0.167. The lowest BCUT2D eigenvalue weighted by Gasteiger charge is -2.12. The summed E-state index contributed by atoms with van der Waals surface area (Å²) in [5.41, 5.74) is 1.03. The summed E-state index contributed by atoms with van der Waals surface area (Å²) < 4.78 is 7.00. The maximum atomic E-state index is 12.3. The van der Waals surface area contributed by atoms with Gasteiger partial charge in [-0.2, -0.15) is 5.10 Å². The van der Waals surface area contributed by atoms with E-state index in [-0.39, 0.29) is 16.6 Å². The first-order valence-electron chi connectivity index (χ1n) is 7.86. The number of rotatable bonds is 5. The molecule has 0 fully saturated rings. The molecular formula is C18H17ClN4O3. The van der Waals surface area contributed by atoms with Gasteiger partial charge in [-0.15, -0.1) is 0 Å². The smallest absolute Gasteiger partial charge is 0.260 e. The van der Waals surface area contributed by atoms with Crippen LogP contribution >= 0.6 is 11.6 Å². The van der Waals surface area contributed by atoms with E-state index < -0.39 is 11.5 Å².